The van der Waals surface area contributed by atoms with E-state index in [4.69, 9.17) is 4.74 Å². The topological polar surface area (TPSA) is 58.6 Å². The van der Waals surface area contributed by atoms with Gasteiger partial charge in [-0.3, -0.25) is 4.79 Å². The van der Waals surface area contributed by atoms with Gasteiger partial charge in [0.2, 0.25) is 0 Å². The highest BCUT2D eigenvalue weighted by molar-refractivity contribution is 5.95. The van der Waals surface area contributed by atoms with Crippen LogP contribution in [-0.4, -0.2) is 33.5 Å². The maximum absolute atomic E-state index is 13.6. The Labute approximate surface area is 199 Å². The summed E-state index contributed by atoms with van der Waals surface area (Å²) in [6, 6.07) is 15.1. The van der Waals surface area contributed by atoms with Crippen LogP contribution in [-0.2, 0) is 17.8 Å². The van der Waals surface area contributed by atoms with Crippen LogP contribution in [0.15, 0.2) is 48.5 Å². The van der Waals surface area contributed by atoms with Gasteiger partial charge in [0.25, 0.3) is 5.91 Å². The third-order valence-electron chi connectivity index (χ3n) is 4.95. The Balaban J connectivity index is 2.27. The summed E-state index contributed by atoms with van der Waals surface area (Å²) in [5.74, 6) is -0.403. The lowest BCUT2D eigenvalue weighted by Crippen LogP contribution is -2.45. The molecule has 0 radical (unpaired) electrons. The van der Waals surface area contributed by atoms with Crippen molar-refractivity contribution in [2.45, 2.75) is 92.1 Å². The van der Waals surface area contributed by atoms with Crippen molar-refractivity contribution in [3.8, 4) is 0 Å². The number of carbonyl (C=O) groups is 2. The quantitative estimate of drug-likeness (QED) is 0.549. The van der Waals surface area contributed by atoms with Crippen molar-refractivity contribution in [2.75, 3.05) is 0 Å². The molecule has 1 N–H and O–H groups in total. The van der Waals surface area contributed by atoms with Crippen LogP contribution in [0.2, 0.25) is 0 Å². The fourth-order valence-corrected chi connectivity index (χ4v) is 3.27. The number of hydrogen-bond donors (Lipinski definition) is 1. The molecule has 0 spiro atoms. The number of rotatable bonds is 6. The first-order chi connectivity index (χ1) is 15.0. The number of amides is 1. The molecule has 0 saturated heterocycles. The molecule has 0 aliphatic carbocycles. The molecule has 5 heteroatoms. The van der Waals surface area contributed by atoms with Crippen LogP contribution in [0.1, 0.15) is 94.2 Å². The van der Waals surface area contributed by atoms with Crippen LogP contribution in [0.25, 0.3) is 0 Å². The average Bonchev–Trinajstić information content (AvgIpc) is 2.68. The van der Waals surface area contributed by atoms with E-state index in [0.29, 0.717) is 24.2 Å². The van der Waals surface area contributed by atoms with Gasteiger partial charge in [-0.2, -0.15) is 0 Å². The second-order valence-corrected chi connectivity index (χ2v) is 11.6. The van der Waals surface area contributed by atoms with Crippen LogP contribution in [0.4, 0.5) is 0 Å². The van der Waals surface area contributed by atoms with Gasteiger partial charge in [0.1, 0.15) is 5.60 Å². The average molecular weight is 453 g/mol. The summed E-state index contributed by atoms with van der Waals surface area (Å²) in [4.78, 5) is 27.9. The maximum Gasteiger partial charge on any atom is 0.338 e. The highest BCUT2D eigenvalue weighted by Crippen LogP contribution is 2.23. The molecule has 180 valence electrons. The molecule has 0 aromatic heterocycles. The summed E-state index contributed by atoms with van der Waals surface area (Å²) in [6.07, 6.45) is 0. The van der Waals surface area contributed by atoms with Gasteiger partial charge in [-0.05, 0) is 97.7 Å². The van der Waals surface area contributed by atoms with Gasteiger partial charge >= 0.3 is 5.97 Å². The lowest BCUT2D eigenvalue weighted by atomic mass is 10.0. The number of nitrogens with one attached hydrogen (secondary N) is 1. The van der Waals surface area contributed by atoms with Crippen LogP contribution in [0.3, 0.4) is 0 Å². The van der Waals surface area contributed by atoms with E-state index in [2.05, 4.69) is 26.1 Å². The zero-order valence-corrected chi connectivity index (χ0v) is 21.7. The molecule has 0 heterocycles. The summed E-state index contributed by atoms with van der Waals surface area (Å²) in [5, 5.41) is 3.47. The molecule has 2 aromatic carbocycles. The Bertz CT molecular complexity index is 976. The number of nitrogens with zero attached hydrogens (tertiary/aromatic N) is 1. The Hall–Kier alpha value is -2.66. The molecule has 0 atom stereocenters. The largest absolute Gasteiger partial charge is 0.456 e. The molecule has 5 nitrogen and oxygen atoms in total. The predicted octanol–water partition coefficient (Wildman–Crippen LogP) is 5.97. The third-order valence-corrected chi connectivity index (χ3v) is 4.95. The van der Waals surface area contributed by atoms with Gasteiger partial charge < -0.3 is 15.0 Å². The van der Waals surface area contributed by atoms with Crippen molar-refractivity contribution >= 4 is 11.9 Å². The molecule has 2 rings (SSSR count). The second kappa shape index (κ2) is 10.1. The first-order valence-corrected chi connectivity index (χ1v) is 11.5. The standard InChI is InChI=1S/C28H40N2O3/c1-26(2,3)29-18-20-12-10-14-22(16-20)24(31)30(27(4,5)6)19-21-13-11-15-23(17-21)25(32)33-28(7,8)9/h10-17,29H,18-19H2,1-9H3. The Morgan fingerprint density at radius 2 is 1.36 bits per heavy atom. The Morgan fingerprint density at radius 1 is 0.818 bits per heavy atom. The lowest BCUT2D eigenvalue weighted by Gasteiger charge is -2.36. The van der Waals surface area contributed by atoms with Crippen LogP contribution in [0, 0.1) is 0 Å². The number of esters is 1. The molecular formula is C28H40N2O3. The van der Waals surface area contributed by atoms with E-state index >= 15 is 0 Å². The van der Waals surface area contributed by atoms with E-state index in [1.807, 2.05) is 88.9 Å². The van der Waals surface area contributed by atoms with E-state index in [9.17, 15) is 9.59 Å². The molecular weight excluding hydrogens is 412 g/mol. The van der Waals surface area contributed by atoms with Gasteiger partial charge in [-0.25, -0.2) is 4.79 Å². The highest BCUT2D eigenvalue weighted by atomic mass is 16.6. The van der Waals surface area contributed by atoms with Crippen LogP contribution >= 0.6 is 0 Å². The van der Waals surface area contributed by atoms with Crippen molar-refractivity contribution < 1.29 is 14.3 Å². The van der Waals surface area contributed by atoms with Crippen LogP contribution < -0.4 is 5.32 Å². The monoisotopic (exact) mass is 452 g/mol. The SMILES string of the molecule is CC(C)(C)NCc1cccc(C(=O)N(Cc2cccc(C(=O)OC(C)(C)C)c2)C(C)(C)C)c1. The minimum Gasteiger partial charge on any atom is -0.456 e. The zero-order chi connectivity index (χ0) is 25.0. The number of ether oxygens (including phenoxy) is 1. The Morgan fingerprint density at radius 3 is 1.91 bits per heavy atom. The molecule has 1 amide bonds. The van der Waals surface area contributed by atoms with E-state index in [0.717, 1.165) is 11.1 Å². The summed E-state index contributed by atoms with van der Waals surface area (Å²) >= 11 is 0. The Kier molecular flexibility index (Phi) is 8.13. The molecule has 0 fully saturated rings. The minimum absolute atomic E-state index is 0.00336. The fraction of sp³-hybridized carbons (Fsp3) is 0.500. The van der Waals surface area contributed by atoms with E-state index in [-0.39, 0.29) is 17.4 Å². The van der Waals surface area contributed by atoms with Gasteiger partial charge in [0, 0.05) is 29.7 Å². The first kappa shape index (κ1) is 26.6. The second-order valence-electron chi connectivity index (χ2n) is 11.6. The van der Waals surface area contributed by atoms with Gasteiger partial charge in [0.15, 0.2) is 0 Å². The van der Waals surface area contributed by atoms with Crippen molar-refractivity contribution in [2.24, 2.45) is 0 Å². The summed E-state index contributed by atoms with van der Waals surface area (Å²) in [7, 11) is 0. The summed E-state index contributed by atoms with van der Waals surface area (Å²) in [5.41, 5.74) is 2.12. The third kappa shape index (κ3) is 8.65. The number of benzene rings is 2. The lowest BCUT2D eigenvalue weighted by molar-refractivity contribution is 0.00693. The van der Waals surface area contributed by atoms with Gasteiger partial charge in [0.05, 0.1) is 5.56 Å². The van der Waals surface area contributed by atoms with Crippen molar-refractivity contribution in [3.05, 3.63) is 70.8 Å². The van der Waals surface area contributed by atoms with Crippen molar-refractivity contribution in [1.29, 1.82) is 0 Å². The zero-order valence-electron chi connectivity index (χ0n) is 21.7. The maximum atomic E-state index is 13.6. The molecule has 0 saturated carbocycles. The fourth-order valence-electron chi connectivity index (χ4n) is 3.27. The first-order valence-electron chi connectivity index (χ1n) is 11.5. The summed E-state index contributed by atoms with van der Waals surface area (Å²) in [6.45, 7) is 19.0. The summed E-state index contributed by atoms with van der Waals surface area (Å²) < 4.78 is 5.50. The molecule has 33 heavy (non-hydrogen) atoms. The van der Waals surface area contributed by atoms with E-state index < -0.39 is 11.1 Å². The smallest absolute Gasteiger partial charge is 0.338 e. The number of carbonyl (C=O) groups excluding carboxylic acids is 2. The normalized spacial score (nSPS) is 12.4. The highest BCUT2D eigenvalue weighted by Gasteiger charge is 2.28. The van der Waals surface area contributed by atoms with E-state index in [1.54, 1.807) is 6.07 Å². The molecule has 2 aromatic rings. The minimum atomic E-state index is -0.562. The molecule has 0 aliphatic rings. The van der Waals surface area contributed by atoms with Crippen LogP contribution in [0.5, 0.6) is 0 Å². The van der Waals surface area contributed by atoms with E-state index in [1.165, 1.54) is 0 Å². The molecule has 0 bridgehead atoms. The number of hydrogen-bond acceptors (Lipinski definition) is 4. The van der Waals surface area contributed by atoms with Gasteiger partial charge in [-0.15, -0.1) is 0 Å². The predicted molar refractivity (Wildman–Crippen MR) is 134 cm³/mol. The molecule has 0 unspecified atom stereocenters. The van der Waals surface area contributed by atoms with Gasteiger partial charge in [-0.1, -0.05) is 24.3 Å². The molecule has 0 aliphatic heterocycles. The van der Waals surface area contributed by atoms with Crippen molar-refractivity contribution in [1.82, 2.24) is 10.2 Å². The van der Waals surface area contributed by atoms with Crippen molar-refractivity contribution in [3.63, 3.8) is 0 Å².